The lowest BCUT2D eigenvalue weighted by atomic mass is 9.84. The van der Waals surface area contributed by atoms with Crippen LogP contribution in [0.1, 0.15) is 79.5 Å². The van der Waals surface area contributed by atoms with Crippen LogP contribution < -0.4 is 21.3 Å². The Bertz CT molecular complexity index is 1520. The smallest absolute Gasteiger partial charge is 0.404 e. The minimum Gasteiger partial charge on any atom is -0.450 e. The third-order valence-electron chi connectivity index (χ3n) is 7.98. The third kappa shape index (κ3) is 7.90. The SMILES string of the molecule is C=CC(=O)N[C@@H]1CN(c2nc(Nc3cn(C(CCCCOC(N)=O)C(C)(C)C)nc3CC)c3ncn(C(C)(C)C)c3n2)C[C@H]1F. The minimum atomic E-state index is -1.29. The maximum atomic E-state index is 15.0. The number of amides is 2. The lowest BCUT2D eigenvalue weighted by Gasteiger charge is -2.31. The number of carbonyl (C=O) groups excluding carboxylic acids is 2. The number of imidazole rings is 1. The molecule has 1 aliphatic rings. The summed E-state index contributed by atoms with van der Waals surface area (Å²) in [5, 5.41) is 11.1. The number of primary amides is 1. The number of ether oxygens (including phenoxy) is 1. The van der Waals surface area contributed by atoms with Crippen LogP contribution in [0, 0.1) is 5.41 Å². The van der Waals surface area contributed by atoms with Crippen LogP contribution in [0.15, 0.2) is 25.2 Å². The monoisotopic (exact) mass is 626 g/mol. The Morgan fingerprint density at radius 2 is 1.93 bits per heavy atom. The standard InChI is InChI=1S/C31H47FN10O3/c1-9-20-22(17-42(39-20)23(30(3,4)5)13-11-12-14-45-28(33)44)36-26-25-27(41(18-34-25)31(6,7)8)38-29(37-26)40-15-19(32)21(16-40)35-24(43)10-2/h10,17-19,21,23H,2,9,11-16H2,1,3-8H3,(H2,33,44)(H,35,43)(H,36,37,38)/t19-,21-,23?/m1/s1. The largest absolute Gasteiger partial charge is 0.450 e. The first-order valence-electron chi connectivity index (χ1n) is 15.5. The van der Waals surface area contributed by atoms with Crippen molar-refractivity contribution in [2.24, 2.45) is 11.1 Å². The van der Waals surface area contributed by atoms with Gasteiger partial charge in [0.05, 0.1) is 42.9 Å². The molecule has 2 amide bonds. The molecule has 4 heterocycles. The van der Waals surface area contributed by atoms with E-state index in [1.807, 2.05) is 22.4 Å². The van der Waals surface area contributed by atoms with Gasteiger partial charge in [-0.25, -0.2) is 14.2 Å². The van der Waals surface area contributed by atoms with Crippen molar-refractivity contribution in [1.82, 2.24) is 34.6 Å². The minimum absolute atomic E-state index is 0.0343. The van der Waals surface area contributed by atoms with E-state index in [0.717, 1.165) is 30.3 Å². The summed E-state index contributed by atoms with van der Waals surface area (Å²) in [6, 6.07) is -0.637. The first kappa shape index (κ1) is 33.7. The molecule has 1 fully saturated rings. The lowest BCUT2D eigenvalue weighted by Crippen LogP contribution is -2.40. The molecule has 1 aliphatic heterocycles. The number of rotatable bonds is 12. The number of nitrogens with one attached hydrogen (secondary N) is 2. The number of aryl methyl sites for hydroxylation is 1. The van der Waals surface area contributed by atoms with Gasteiger partial charge in [-0.15, -0.1) is 0 Å². The highest BCUT2D eigenvalue weighted by molar-refractivity contribution is 5.88. The number of halogens is 1. The molecule has 0 saturated carbocycles. The topological polar surface area (TPSA) is 158 Å². The first-order valence-corrected chi connectivity index (χ1v) is 15.5. The molecule has 0 bridgehead atoms. The number of anilines is 3. The maximum absolute atomic E-state index is 15.0. The van der Waals surface area contributed by atoms with Gasteiger partial charge in [-0.2, -0.15) is 15.1 Å². The number of unbranched alkanes of at least 4 members (excludes halogenated alkanes) is 1. The van der Waals surface area contributed by atoms with E-state index in [1.165, 1.54) is 0 Å². The lowest BCUT2D eigenvalue weighted by molar-refractivity contribution is -0.117. The number of nitrogens with zero attached hydrogens (tertiary/aromatic N) is 7. The maximum Gasteiger partial charge on any atom is 0.404 e. The summed E-state index contributed by atoms with van der Waals surface area (Å²) >= 11 is 0. The van der Waals surface area contributed by atoms with Gasteiger partial charge in [0, 0.05) is 18.3 Å². The van der Waals surface area contributed by atoms with Gasteiger partial charge < -0.3 is 30.6 Å². The Hall–Kier alpha value is -4.23. The predicted octanol–water partition coefficient (Wildman–Crippen LogP) is 4.77. The molecule has 3 aromatic heterocycles. The normalized spacial score (nSPS) is 17.8. The van der Waals surface area contributed by atoms with Gasteiger partial charge in [-0.3, -0.25) is 9.48 Å². The Labute approximate surface area is 263 Å². The number of hydrogen-bond donors (Lipinski definition) is 3. The number of aromatic nitrogens is 6. The van der Waals surface area contributed by atoms with Gasteiger partial charge in [0.15, 0.2) is 17.0 Å². The number of hydrogen-bond acceptors (Lipinski definition) is 9. The van der Waals surface area contributed by atoms with Crippen LogP contribution in [0.25, 0.3) is 11.2 Å². The molecule has 246 valence electrons. The molecule has 0 aliphatic carbocycles. The van der Waals surface area contributed by atoms with Crippen molar-refractivity contribution >= 4 is 40.6 Å². The van der Waals surface area contributed by atoms with E-state index in [-0.39, 0.29) is 36.7 Å². The molecular formula is C31H47FN10O3. The van der Waals surface area contributed by atoms with E-state index in [1.54, 1.807) is 11.2 Å². The van der Waals surface area contributed by atoms with Crippen molar-refractivity contribution in [2.75, 3.05) is 29.9 Å². The zero-order valence-electron chi connectivity index (χ0n) is 27.4. The summed E-state index contributed by atoms with van der Waals surface area (Å²) in [5.74, 6) is 0.396. The second-order valence-electron chi connectivity index (χ2n) is 13.6. The molecule has 0 aromatic carbocycles. The van der Waals surface area contributed by atoms with Gasteiger partial charge in [0.2, 0.25) is 11.9 Å². The van der Waals surface area contributed by atoms with Crippen LogP contribution in [0.2, 0.25) is 0 Å². The highest BCUT2D eigenvalue weighted by atomic mass is 19.1. The van der Waals surface area contributed by atoms with E-state index in [2.05, 4.69) is 63.7 Å². The number of fused-ring (bicyclic) bond motifs is 1. The van der Waals surface area contributed by atoms with E-state index in [0.29, 0.717) is 35.8 Å². The summed E-state index contributed by atoms with van der Waals surface area (Å²) in [5.41, 5.74) is 7.52. The van der Waals surface area contributed by atoms with Gasteiger partial charge in [-0.05, 0) is 57.9 Å². The molecule has 14 heteroatoms. The fourth-order valence-electron chi connectivity index (χ4n) is 5.57. The average molecular weight is 627 g/mol. The number of carbonyl (C=O) groups is 2. The first-order chi connectivity index (χ1) is 21.1. The van der Waals surface area contributed by atoms with Crippen LogP contribution >= 0.6 is 0 Å². The molecule has 0 spiro atoms. The van der Waals surface area contributed by atoms with Crippen molar-refractivity contribution in [2.45, 2.75) is 97.9 Å². The van der Waals surface area contributed by atoms with Crippen molar-refractivity contribution < 1.29 is 18.7 Å². The van der Waals surface area contributed by atoms with E-state index >= 15 is 4.39 Å². The second-order valence-corrected chi connectivity index (χ2v) is 13.6. The molecule has 3 aromatic rings. The van der Waals surface area contributed by atoms with Crippen molar-refractivity contribution in [3.63, 3.8) is 0 Å². The molecule has 3 atom stereocenters. The molecule has 4 N–H and O–H groups in total. The average Bonchev–Trinajstić information content (AvgIpc) is 3.66. The van der Waals surface area contributed by atoms with Gasteiger partial charge in [0.25, 0.3) is 0 Å². The molecule has 0 radical (unpaired) electrons. The molecule has 45 heavy (non-hydrogen) atoms. The molecule has 1 unspecified atom stereocenters. The summed E-state index contributed by atoms with van der Waals surface area (Å²) in [6.07, 6.45) is 5.86. The van der Waals surface area contributed by atoms with Crippen LogP contribution in [0.3, 0.4) is 0 Å². The summed E-state index contributed by atoms with van der Waals surface area (Å²) in [7, 11) is 0. The summed E-state index contributed by atoms with van der Waals surface area (Å²) in [6.45, 7) is 18.8. The third-order valence-corrected chi connectivity index (χ3v) is 7.98. The fraction of sp³-hybridized carbons (Fsp3) is 0.613. The summed E-state index contributed by atoms with van der Waals surface area (Å²) in [4.78, 5) is 38.9. The fourth-order valence-corrected chi connectivity index (χ4v) is 5.57. The Morgan fingerprint density at radius 3 is 2.56 bits per heavy atom. The zero-order chi connectivity index (χ0) is 33.1. The van der Waals surface area contributed by atoms with Crippen LogP contribution in [-0.4, -0.2) is 73.2 Å². The van der Waals surface area contributed by atoms with Crippen LogP contribution in [0.5, 0.6) is 0 Å². The van der Waals surface area contributed by atoms with Gasteiger partial charge >= 0.3 is 6.09 Å². The second kappa shape index (κ2) is 13.4. The molecule has 13 nitrogen and oxygen atoms in total. The number of nitrogens with two attached hydrogens (primary N) is 1. The van der Waals surface area contributed by atoms with Gasteiger partial charge in [-0.1, -0.05) is 34.3 Å². The molecule has 4 rings (SSSR count). The van der Waals surface area contributed by atoms with Crippen molar-refractivity contribution in [1.29, 1.82) is 0 Å². The predicted molar refractivity (Wildman–Crippen MR) is 172 cm³/mol. The van der Waals surface area contributed by atoms with Crippen molar-refractivity contribution in [3.05, 3.63) is 30.9 Å². The summed E-state index contributed by atoms with van der Waals surface area (Å²) < 4.78 is 23.9. The van der Waals surface area contributed by atoms with E-state index in [4.69, 9.17) is 25.5 Å². The Kier molecular flexibility index (Phi) is 10.0. The van der Waals surface area contributed by atoms with E-state index in [9.17, 15) is 9.59 Å². The quantitative estimate of drug-likeness (QED) is 0.190. The Balaban J connectivity index is 1.69. The Morgan fingerprint density at radius 1 is 1.20 bits per heavy atom. The van der Waals surface area contributed by atoms with Crippen molar-refractivity contribution in [3.8, 4) is 0 Å². The zero-order valence-corrected chi connectivity index (χ0v) is 27.4. The number of alkyl halides is 1. The van der Waals surface area contributed by atoms with Crippen LogP contribution in [-0.2, 0) is 21.5 Å². The highest BCUT2D eigenvalue weighted by Gasteiger charge is 2.36. The van der Waals surface area contributed by atoms with Crippen LogP contribution in [0.4, 0.5) is 26.6 Å². The highest BCUT2D eigenvalue weighted by Crippen LogP contribution is 2.37. The molecule has 1 saturated heterocycles. The van der Waals surface area contributed by atoms with E-state index < -0.39 is 24.2 Å². The molecular weight excluding hydrogens is 579 g/mol. The van der Waals surface area contributed by atoms with Gasteiger partial charge in [0.1, 0.15) is 6.17 Å².